The number of benzene rings is 1. The summed E-state index contributed by atoms with van der Waals surface area (Å²) >= 11 is 0. The molecule has 0 unspecified atom stereocenters. The molecule has 5 nitrogen and oxygen atoms in total. The van der Waals surface area contributed by atoms with Crippen molar-refractivity contribution in [3.8, 4) is 11.8 Å². The summed E-state index contributed by atoms with van der Waals surface area (Å²) in [6, 6.07) is 7.22. The molecule has 0 fully saturated rings. The van der Waals surface area contributed by atoms with E-state index >= 15 is 0 Å². The lowest BCUT2D eigenvalue weighted by Gasteiger charge is -2.27. The van der Waals surface area contributed by atoms with Crippen LogP contribution in [0.3, 0.4) is 0 Å². The van der Waals surface area contributed by atoms with Crippen molar-refractivity contribution < 1.29 is 14.3 Å². The Balaban J connectivity index is 2.84. The van der Waals surface area contributed by atoms with Crippen molar-refractivity contribution >= 4 is 11.6 Å². The standard InChI is InChI=1S/C19H28N2O3/c1-5-8-12-23-17-10-9-16(13-15(17)14-20)21-18(22)19(4,7-3)24-11-6-2/h9-10,13H,5-8,11-12H2,1-4H3,(H,21,22)/t19-/m1/s1. The Hall–Kier alpha value is -2.06. The van der Waals surface area contributed by atoms with Gasteiger partial charge in [0.15, 0.2) is 0 Å². The first-order valence-electron chi connectivity index (χ1n) is 8.63. The lowest BCUT2D eigenvalue weighted by Crippen LogP contribution is -2.42. The Kier molecular flexibility index (Phi) is 8.28. The van der Waals surface area contributed by atoms with Gasteiger partial charge < -0.3 is 14.8 Å². The molecule has 1 aromatic carbocycles. The van der Waals surface area contributed by atoms with E-state index < -0.39 is 5.60 Å². The Bertz CT molecular complexity index is 580. The van der Waals surface area contributed by atoms with E-state index in [0.29, 0.717) is 36.6 Å². The molecule has 0 saturated heterocycles. The highest BCUT2D eigenvalue weighted by Crippen LogP contribution is 2.24. The summed E-state index contributed by atoms with van der Waals surface area (Å²) in [5, 5.41) is 12.1. The van der Waals surface area contributed by atoms with E-state index in [1.165, 1.54) is 0 Å². The van der Waals surface area contributed by atoms with Gasteiger partial charge in [0.1, 0.15) is 17.4 Å². The summed E-state index contributed by atoms with van der Waals surface area (Å²) in [7, 11) is 0. The van der Waals surface area contributed by atoms with E-state index in [-0.39, 0.29) is 5.91 Å². The number of carbonyl (C=O) groups is 1. The molecule has 24 heavy (non-hydrogen) atoms. The lowest BCUT2D eigenvalue weighted by molar-refractivity contribution is -0.139. The normalized spacial score (nSPS) is 13.0. The summed E-state index contributed by atoms with van der Waals surface area (Å²) in [5.41, 5.74) is 0.106. The van der Waals surface area contributed by atoms with Gasteiger partial charge in [-0.3, -0.25) is 4.79 Å². The van der Waals surface area contributed by atoms with Crippen LogP contribution in [0.25, 0.3) is 0 Å². The number of nitrogens with zero attached hydrogens (tertiary/aromatic N) is 1. The van der Waals surface area contributed by atoms with Gasteiger partial charge in [-0.2, -0.15) is 5.26 Å². The minimum atomic E-state index is -0.876. The van der Waals surface area contributed by atoms with Crippen molar-refractivity contribution in [2.24, 2.45) is 0 Å². The molecule has 0 aromatic heterocycles. The Morgan fingerprint density at radius 3 is 2.58 bits per heavy atom. The van der Waals surface area contributed by atoms with E-state index in [4.69, 9.17) is 9.47 Å². The minimum absolute atomic E-state index is 0.206. The van der Waals surface area contributed by atoms with Crippen LogP contribution in [-0.2, 0) is 9.53 Å². The number of rotatable bonds is 10. The second-order valence-corrected chi connectivity index (χ2v) is 5.91. The van der Waals surface area contributed by atoms with Crippen molar-refractivity contribution in [1.29, 1.82) is 5.26 Å². The molecule has 5 heteroatoms. The molecule has 0 spiro atoms. The number of anilines is 1. The molecule has 1 rings (SSSR count). The van der Waals surface area contributed by atoms with Gasteiger partial charge in [-0.25, -0.2) is 0 Å². The van der Waals surface area contributed by atoms with E-state index in [2.05, 4.69) is 18.3 Å². The Morgan fingerprint density at radius 2 is 2.00 bits per heavy atom. The van der Waals surface area contributed by atoms with Gasteiger partial charge in [-0.1, -0.05) is 27.2 Å². The zero-order valence-corrected chi connectivity index (χ0v) is 15.1. The van der Waals surface area contributed by atoms with Crippen molar-refractivity contribution in [2.75, 3.05) is 18.5 Å². The third-order valence-corrected chi connectivity index (χ3v) is 3.89. The molecule has 132 valence electrons. The van der Waals surface area contributed by atoms with E-state index in [0.717, 1.165) is 19.3 Å². The quantitative estimate of drug-likeness (QED) is 0.649. The molecule has 0 radical (unpaired) electrons. The Labute approximate surface area is 145 Å². The number of ether oxygens (including phenoxy) is 2. The number of amides is 1. The van der Waals surface area contributed by atoms with E-state index in [1.807, 2.05) is 13.8 Å². The number of hydrogen-bond acceptors (Lipinski definition) is 4. The first kappa shape index (κ1) is 20.0. The van der Waals surface area contributed by atoms with Crippen LogP contribution in [0, 0.1) is 11.3 Å². The maximum Gasteiger partial charge on any atom is 0.256 e. The highest BCUT2D eigenvalue weighted by atomic mass is 16.5. The fourth-order valence-electron chi connectivity index (χ4n) is 2.07. The molecular weight excluding hydrogens is 304 g/mol. The molecule has 1 aromatic rings. The van der Waals surface area contributed by atoms with Crippen LogP contribution in [0.4, 0.5) is 5.69 Å². The van der Waals surface area contributed by atoms with Crippen LogP contribution in [-0.4, -0.2) is 24.7 Å². The molecule has 0 heterocycles. The smallest absolute Gasteiger partial charge is 0.256 e. The summed E-state index contributed by atoms with van der Waals surface area (Å²) in [4.78, 5) is 12.5. The van der Waals surface area contributed by atoms with Crippen LogP contribution < -0.4 is 10.1 Å². The first-order valence-corrected chi connectivity index (χ1v) is 8.63. The topological polar surface area (TPSA) is 71.3 Å². The maximum atomic E-state index is 12.5. The minimum Gasteiger partial charge on any atom is -0.492 e. The van der Waals surface area contributed by atoms with Crippen molar-refractivity contribution in [3.05, 3.63) is 23.8 Å². The fourth-order valence-corrected chi connectivity index (χ4v) is 2.07. The predicted octanol–water partition coefficient (Wildman–Crippen LogP) is 4.27. The van der Waals surface area contributed by atoms with Crippen LogP contribution in [0.5, 0.6) is 5.75 Å². The van der Waals surface area contributed by atoms with Crippen molar-refractivity contribution in [3.63, 3.8) is 0 Å². The molecule has 0 aliphatic heterocycles. The van der Waals surface area contributed by atoms with Crippen LogP contribution in [0.2, 0.25) is 0 Å². The molecule has 1 N–H and O–H groups in total. The summed E-state index contributed by atoms with van der Waals surface area (Å²) in [5.74, 6) is 0.339. The molecule has 0 aliphatic rings. The third kappa shape index (κ3) is 5.54. The maximum absolute atomic E-state index is 12.5. The molecular formula is C19H28N2O3. The Morgan fingerprint density at radius 1 is 1.25 bits per heavy atom. The van der Waals surface area contributed by atoms with Gasteiger partial charge in [0, 0.05) is 12.3 Å². The number of hydrogen-bond donors (Lipinski definition) is 1. The number of carbonyl (C=O) groups excluding carboxylic acids is 1. The average Bonchev–Trinajstić information content (AvgIpc) is 2.60. The number of nitrogens with one attached hydrogen (secondary N) is 1. The number of unbranched alkanes of at least 4 members (excludes halogenated alkanes) is 1. The molecule has 1 amide bonds. The van der Waals surface area contributed by atoms with Gasteiger partial charge in [-0.05, 0) is 44.4 Å². The van der Waals surface area contributed by atoms with Gasteiger partial charge in [0.05, 0.1) is 12.2 Å². The van der Waals surface area contributed by atoms with Gasteiger partial charge >= 0.3 is 0 Å². The average molecular weight is 332 g/mol. The molecule has 0 bridgehead atoms. The van der Waals surface area contributed by atoms with E-state index in [1.54, 1.807) is 25.1 Å². The van der Waals surface area contributed by atoms with Gasteiger partial charge in [0.2, 0.25) is 0 Å². The van der Waals surface area contributed by atoms with Crippen molar-refractivity contribution in [1.82, 2.24) is 0 Å². The first-order chi connectivity index (χ1) is 11.5. The van der Waals surface area contributed by atoms with Crippen molar-refractivity contribution in [2.45, 2.75) is 59.0 Å². The van der Waals surface area contributed by atoms with Gasteiger partial charge in [-0.15, -0.1) is 0 Å². The SMILES string of the molecule is CCCCOc1ccc(NC(=O)[C@@](C)(CC)OCCC)cc1C#N. The van der Waals surface area contributed by atoms with Crippen LogP contribution in [0.1, 0.15) is 58.9 Å². The molecule has 1 atom stereocenters. The lowest BCUT2D eigenvalue weighted by atomic mass is 10.0. The highest BCUT2D eigenvalue weighted by molar-refractivity contribution is 5.97. The summed E-state index contributed by atoms with van der Waals surface area (Å²) in [6.07, 6.45) is 3.39. The third-order valence-electron chi connectivity index (χ3n) is 3.89. The van der Waals surface area contributed by atoms with Crippen LogP contribution in [0.15, 0.2) is 18.2 Å². The predicted molar refractivity (Wildman–Crippen MR) is 95.1 cm³/mol. The monoisotopic (exact) mass is 332 g/mol. The van der Waals surface area contributed by atoms with Gasteiger partial charge in [0.25, 0.3) is 5.91 Å². The summed E-state index contributed by atoms with van der Waals surface area (Å²) in [6.45, 7) is 8.90. The molecule has 0 saturated carbocycles. The van der Waals surface area contributed by atoms with Crippen LogP contribution >= 0.6 is 0 Å². The zero-order valence-electron chi connectivity index (χ0n) is 15.1. The fraction of sp³-hybridized carbons (Fsp3) is 0.579. The second-order valence-electron chi connectivity index (χ2n) is 5.91. The van der Waals surface area contributed by atoms with E-state index in [9.17, 15) is 10.1 Å². The largest absolute Gasteiger partial charge is 0.492 e. The second kappa shape index (κ2) is 9.94. The highest BCUT2D eigenvalue weighted by Gasteiger charge is 2.32. The summed E-state index contributed by atoms with van der Waals surface area (Å²) < 4.78 is 11.3. The molecule has 0 aliphatic carbocycles. The number of nitriles is 1. The zero-order chi connectivity index (χ0) is 18.0.